The largest absolute Gasteiger partial charge is 0.495 e. The zero-order valence-corrected chi connectivity index (χ0v) is 26.5. The van der Waals surface area contributed by atoms with Crippen molar-refractivity contribution in [1.82, 2.24) is 24.3 Å². The number of piperidine rings is 1. The quantitative estimate of drug-likeness (QED) is 0.230. The number of methoxy groups -OCH3 is 2. The van der Waals surface area contributed by atoms with Crippen LogP contribution in [0.4, 0.5) is 11.5 Å². The monoisotopic (exact) mass is 636 g/mol. The number of nitrogens with zero attached hydrogens (tertiary/aromatic N) is 5. The van der Waals surface area contributed by atoms with Crippen LogP contribution in [0, 0.1) is 0 Å². The summed E-state index contributed by atoms with van der Waals surface area (Å²) in [5.74, 6) is 1.18. The maximum atomic E-state index is 14.5. The molecule has 1 amide bonds. The summed E-state index contributed by atoms with van der Waals surface area (Å²) in [6.07, 6.45) is 9.74. The highest BCUT2D eigenvalue weighted by Crippen LogP contribution is 2.45. The summed E-state index contributed by atoms with van der Waals surface area (Å²) in [4.78, 5) is 39.9. The van der Waals surface area contributed by atoms with Gasteiger partial charge in [0, 0.05) is 67.2 Å². The molecule has 0 spiro atoms. The van der Waals surface area contributed by atoms with E-state index in [9.17, 15) is 9.59 Å². The van der Waals surface area contributed by atoms with Gasteiger partial charge in [-0.2, -0.15) is 0 Å². The van der Waals surface area contributed by atoms with Crippen molar-refractivity contribution in [2.24, 2.45) is 0 Å². The Bertz CT molecular complexity index is 1720. The van der Waals surface area contributed by atoms with Gasteiger partial charge in [-0.15, -0.1) is 0 Å². The molecule has 1 aliphatic heterocycles. The van der Waals surface area contributed by atoms with E-state index in [4.69, 9.17) is 32.7 Å². The molecule has 0 saturated carbocycles. The zero-order chi connectivity index (χ0) is 31.4. The van der Waals surface area contributed by atoms with E-state index in [1.165, 1.54) is 14.2 Å². The first-order chi connectivity index (χ1) is 21.2. The van der Waals surface area contributed by atoms with E-state index in [0.717, 1.165) is 11.1 Å². The van der Waals surface area contributed by atoms with E-state index >= 15 is 0 Å². The third-order valence-corrected chi connectivity index (χ3v) is 8.32. The van der Waals surface area contributed by atoms with Crippen molar-refractivity contribution in [3.8, 4) is 22.6 Å². The first-order valence-electron chi connectivity index (χ1n) is 14.1. The second-order valence-electron chi connectivity index (χ2n) is 10.7. The van der Waals surface area contributed by atoms with Crippen LogP contribution >= 0.6 is 23.2 Å². The molecule has 10 nitrogen and oxygen atoms in total. The van der Waals surface area contributed by atoms with Gasteiger partial charge in [-0.1, -0.05) is 29.3 Å². The minimum Gasteiger partial charge on any atom is -0.495 e. The lowest BCUT2D eigenvalue weighted by atomic mass is 10.00. The predicted molar refractivity (Wildman–Crippen MR) is 175 cm³/mol. The minimum atomic E-state index is -0.272. The van der Waals surface area contributed by atoms with E-state index in [1.54, 1.807) is 41.4 Å². The molecular weight excluding hydrogens is 603 g/mol. The van der Waals surface area contributed by atoms with Gasteiger partial charge in [0.1, 0.15) is 17.3 Å². The highest BCUT2D eigenvalue weighted by atomic mass is 35.5. The Balaban J connectivity index is 1.61. The number of carbonyl (C=O) groups is 1. The van der Waals surface area contributed by atoms with Crippen LogP contribution in [0.15, 0.2) is 65.9 Å². The van der Waals surface area contributed by atoms with Crippen molar-refractivity contribution in [2.45, 2.75) is 18.9 Å². The number of likely N-dealkylation sites (tertiary alicyclic amines) is 1. The number of carbonyl (C=O) groups excluding carboxylic acids is 1. The van der Waals surface area contributed by atoms with Gasteiger partial charge >= 0.3 is 0 Å². The Morgan fingerprint density at radius 1 is 1.09 bits per heavy atom. The number of rotatable bonds is 9. The number of hydrogen-bond acceptors (Lipinski definition) is 8. The van der Waals surface area contributed by atoms with Crippen molar-refractivity contribution in [3.05, 3.63) is 81.5 Å². The summed E-state index contributed by atoms with van der Waals surface area (Å²) in [6.45, 7) is 1.70. The molecule has 1 aliphatic rings. The van der Waals surface area contributed by atoms with E-state index in [0.29, 0.717) is 66.4 Å². The average Bonchev–Trinajstić information content (AvgIpc) is 3.02. The lowest BCUT2D eigenvalue weighted by Gasteiger charge is -2.33. The number of halogens is 2. The topological polar surface area (TPSA) is 102 Å². The van der Waals surface area contributed by atoms with Gasteiger partial charge in [-0.3, -0.25) is 14.6 Å². The first-order valence-corrected chi connectivity index (χ1v) is 14.9. The van der Waals surface area contributed by atoms with Crippen LogP contribution in [0.3, 0.4) is 0 Å². The number of nitrogens with one attached hydrogen (secondary N) is 1. The van der Waals surface area contributed by atoms with Crippen molar-refractivity contribution in [1.29, 1.82) is 0 Å². The molecule has 1 aromatic carbocycles. The lowest BCUT2D eigenvalue weighted by molar-refractivity contribution is -0.127. The van der Waals surface area contributed by atoms with Gasteiger partial charge in [0.25, 0.3) is 5.56 Å². The summed E-state index contributed by atoms with van der Waals surface area (Å²) in [7, 11) is 6.88. The second-order valence-corrected chi connectivity index (χ2v) is 11.5. The number of benzene rings is 1. The Morgan fingerprint density at radius 2 is 1.80 bits per heavy atom. The summed E-state index contributed by atoms with van der Waals surface area (Å²) >= 11 is 13.5. The van der Waals surface area contributed by atoms with Gasteiger partial charge < -0.3 is 29.2 Å². The van der Waals surface area contributed by atoms with Crippen molar-refractivity contribution in [2.75, 3.05) is 53.3 Å². The molecule has 0 bridgehead atoms. The Labute approximate surface area is 265 Å². The number of anilines is 2. The van der Waals surface area contributed by atoms with E-state index in [2.05, 4.69) is 15.3 Å². The number of likely N-dealkylation sites (N-methyl/N-ethyl adjacent to an activating group) is 1. The maximum Gasteiger partial charge on any atom is 0.259 e. The SMILES string of the molecule is COc1cc(OC)c(Cl)c(-c2cc3cnc(Nc4cccnc4)cc3n(C3CCN(C(=O)/C=C/CN(C)C)CC3)c2=O)c1Cl. The standard InChI is InChI=1S/C32H34Cl2N6O4/c1-38(2)12-6-8-28(41)39-13-9-22(10-14-39)40-24-16-27(37-21-7-5-11-35-19-21)36-18-20(24)15-23(32(40)42)29-30(33)25(43-3)17-26(44-4)31(29)34/h5-8,11,15-19,22H,9-10,12-14H2,1-4H3,(H,36,37)/b8-6+. The van der Waals surface area contributed by atoms with Gasteiger partial charge in [0.15, 0.2) is 0 Å². The molecule has 5 rings (SSSR count). The fourth-order valence-corrected chi connectivity index (χ4v) is 6.07. The van der Waals surface area contributed by atoms with Gasteiger partial charge in [0.2, 0.25) is 5.91 Å². The fourth-order valence-electron chi connectivity index (χ4n) is 5.36. The highest BCUT2D eigenvalue weighted by Gasteiger charge is 2.28. The Hall–Kier alpha value is -4.12. The van der Waals surface area contributed by atoms with Crippen molar-refractivity contribution in [3.63, 3.8) is 0 Å². The molecule has 0 unspecified atom stereocenters. The molecule has 4 aromatic rings. The molecule has 230 valence electrons. The van der Waals surface area contributed by atoms with Gasteiger partial charge in [-0.25, -0.2) is 4.98 Å². The number of pyridine rings is 3. The maximum absolute atomic E-state index is 14.5. The smallest absolute Gasteiger partial charge is 0.259 e. The molecule has 44 heavy (non-hydrogen) atoms. The van der Waals surface area contributed by atoms with Crippen molar-refractivity contribution < 1.29 is 14.3 Å². The third-order valence-electron chi connectivity index (χ3n) is 7.57. The first kappa shape index (κ1) is 31.3. The van der Waals surface area contributed by atoms with Crippen LogP contribution < -0.4 is 20.3 Å². The zero-order valence-electron chi connectivity index (χ0n) is 25.0. The number of ether oxygens (including phenoxy) is 2. The van der Waals surface area contributed by atoms with Crippen LogP contribution in [0.5, 0.6) is 11.5 Å². The minimum absolute atomic E-state index is 0.0366. The fraction of sp³-hybridized carbons (Fsp3) is 0.312. The van der Waals surface area contributed by atoms with Crippen LogP contribution in [-0.2, 0) is 4.79 Å². The van der Waals surface area contributed by atoms with Gasteiger partial charge in [0.05, 0.1) is 47.2 Å². The molecule has 12 heteroatoms. The Morgan fingerprint density at radius 3 is 2.41 bits per heavy atom. The molecule has 0 radical (unpaired) electrons. The molecule has 4 heterocycles. The van der Waals surface area contributed by atoms with Crippen LogP contribution in [0.2, 0.25) is 10.0 Å². The third kappa shape index (κ3) is 6.52. The molecule has 0 atom stereocenters. The normalized spacial score (nSPS) is 14.0. The number of amides is 1. The van der Waals surface area contributed by atoms with E-state index in [1.807, 2.05) is 48.2 Å². The molecule has 1 N–H and O–H groups in total. The molecule has 1 saturated heterocycles. The molecular formula is C32H34Cl2N6O4. The number of aromatic nitrogens is 3. The lowest BCUT2D eigenvalue weighted by Crippen LogP contribution is -2.40. The van der Waals surface area contributed by atoms with E-state index in [-0.39, 0.29) is 27.6 Å². The van der Waals surface area contributed by atoms with E-state index < -0.39 is 0 Å². The summed E-state index contributed by atoms with van der Waals surface area (Å²) in [5.41, 5.74) is 1.80. The van der Waals surface area contributed by atoms with Crippen LogP contribution in [0.25, 0.3) is 22.0 Å². The van der Waals surface area contributed by atoms with Gasteiger partial charge in [-0.05, 0) is 45.1 Å². The number of fused-ring (bicyclic) bond motifs is 1. The molecule has 0 aliphatic carbocycles. The summed E-state index contributed by atoms with van der Waals surface area (Å²) in [6, 6.07) is 8.70. The second kappa shape index (κ2) is 13.7. The van der Waals surface area contributed by atoms with Crippen LogP contribution in [0.1, 0.15) is 18.9 Å². The predicted octanol–water partition coefficient (Wildman–Crippen LogP) is 5.81. The Kier molecular flexibility index (Phi) is 9.73. The summed E-state index contributed by atoms with van der Waals surface area (Å²) in [5, 5.41) is 4.39. The van der Waals surface area contributed by atoms with Crippen molar-refractivity contribution >= 4 is 51.5 Å². The molecule has 3 aromatic heterocycles. The van der Waals surface area contributed by atoms with Crippen LogP contribution in [-0.4, -0.2) is 78.2 Å². The molecule has 1 fully saturated rings. The number of hydrogen-bond donors (Lipinski definition) is 1. The summed E-state index contributed by atoms with van der Waals surface area (Å²) < 4.78 is 12.7. The highest BCUT2D eigenvalue weighted by molar-refractivity contribution is 6.41. The average molecular weight is 638 g/mol.